The lowest BCUT2D eigenvalue weighted by atomic mass is 9.88. The number of ketones is 3. The summed E-state index contributed by atoms with van der Waals surface area (Å²) in [6.07, 6.45) is 5.03. The highest BCUT2D eigenvalue weighted by molar-refractivity contribution is 6.38. The van der Waals surface area contributed by atoms with E-state index >= 15 is 0 Å². The largest absolute Gasteiger partial charge is 0.480 e. The number of carboxylic acids is 1. The highest BCUT2D eigenvalue weighted by atomic mass is 16.4. The van der Waals surface area contributed by atoms with Crippen molar-refractivity contribution in [3.8, 4) is 0 Å². The van der Waals surface area contributed by atoms with E-state index in [1.165, 1.54) is 23.5 Å². The van der Waals surface area contributed by atoms with Crippen molar-refractivity contribution in [1.29, 1.82) is 0 Å². The molecule has 4 amide bonds. The Morgan fingerprint density at radius 3 is 2.19 bits per heavy atom. The van der Waals surface area contributed by atoms with Gasteiger partial charge in [0.15, 0.2) is 17.6 Å². The average molecular weight is 721 g/mol. The third-order valence-electron chi connectivity index (χ3n) is 9.26. The molecule has 1 unspecified atom stereocenters. The molecule has 1 aromatic carbocycles. The van der Waals surface area contributed by atoms with Gasteiger partial charge >= 0.3 is 5.97 Å². The van der Waals surface area contributed by atoms with Crippen LogP contribution in [0.4, 0.5) is 0 Å². The van der Waals surface area contributed by atoms with E-state index in [4.69, 9.17) is 0 Å². The van der Waals surface area contributed by atoms with Gasteiger partial charge in [-0.2, -0.15) is 0 Å². The van der Waals surface area contributed by atoms with Crippen molar-refractivity contribution in [3.63, 3.8) is 0 Å². The van der Waals surface area contributed by atoms with E-state index in [2.05, 4.69) is 25.9 Å². The number of benzene rings is 1. The summed E-state index contributed by atoms with van der Waals surface area (Å²) in [6, 6.07) is 3.08. The summed E-state index contributed by atoms with van der Waals surface area (Å²) in [7, 11) is 0. The number of rotatable bonds is 19. The number of nitrogens with one attached hydrogen (secondary N) is 3. The fourth-order valence-corrected chi connectivity index (χ4v) is 6.27. The predicted molar refractivity (Wildman–Crippen MR) is 187 cm³/mol. The molecule has 0 radical (unpaired) electrons. The van der Waals surface area contributed by atoms with Gasteiger partial charge in [0.1, 0.15) is 17.8 Å². The van der Waals surface area contributed by atoms with Crippen LogP contribution in [0.15, 0.2) is 48.9 Å². The van der Waals surface area contributed by atoms with Crippen molar-refractivity contribution in [2.75, 3.05) is 6.54 Å². The van der Waals surface area contributed by atoms with E-state index < -0.39 is 77.0 Å². The minimum absolute atomic E-state index is 0.0574. The van der Waals surface area contributed by atoms with Crippen LogP contribution in [-0.2, 0) is 40.0 Å². The van der Waals surface area contributed by atoms with E-state index in [1.807, 2.05) is 6.92 Å². The number of hydrogen-bond donors (Lipinski definition) is 4. The second-order valence-electron chi connectivity index (χ2n) is 13.3. The Kier molecular flexibility index (Phi) is 15.3. The number of Topliss-reactive ketones (excluding diaryl/α,β-unsaturated/α-hetero) is 3. The third kappa shape index (κ3) is 10.8. The molecule has 1 aromatic heterocycles. The second-order valence-corrected chi connectivity index (χ2v) is 13.3. The lowest BCUT2D eigenvalue weighted by Crippen LogP contribution is -2.59. The van der Waals surface area contributed by atoms with Crippen LogP contribution in [-0.4, -0.2) is 97.6 Å². The number of aromatic nitrogens is 2. The van der Waals surface area contributed by atoms with Gasteiger partial charge in [-0.1, -0.05) is 70.9 Å². The van der Waals surface area contributed by atoms with Gasteiger partial charge in [-0.05, 0) is 37.2 Å². The molecule has 1 aliphatic rings. The van der Waals surface area contributed by atoms with Gasteiger partial charge in [0.2, 0.25) is 17.6 Å². The summed E-state index contributed by atoms with van der Waals surface area (Å²) in [4.78, 5) is 114. The lowest BCUT2D eigenvalue weighted by molar-refractivity contribution is -0.147. The number of carbonyl (C=O) groups excluding carboxylic acids is 7. The predicted octanol–water partition coefficient (Wildman–Crippen LogP) is 1.69. The van der Waals surface area contributed by atoms with Crippen molar-refractivity contribution in [2.24, 2.45) is 17.8 Å². The summed E-state index contributed by atoms with van der Waals surface area (Å²) in [5, 5.41) is 17.1. The first-order valence-electron chi connectivity index (χ1n) is 17.5. The smallest absolute Gasteiger partial charge is 0.326 e. The molecule has 3 rings (SSSR count). The van der Waals surface area contributed by atoms with E-state index in [0.717, 1.165) is 6.92 Å². The van der Waals surface area contributed by atoms with Crippen LogP contribution in [0.3, 0.4) is 0 Å². The first-order valence-corrected chi connectivity index (χ1v) is 17.5. The van der Waals surface area contributed by atoms with Crippen molar-refractivity contribution >= 4 is 46.9 Å². The van der Waals surface area contributed by atoms with Crippen LogP contribution < -0.4 is 16.0 Å². The van der Waals surface area contributed by atoms with Crippen LogP contribution in [0.2, 0.25) is 0 Å². The number of aliphatic carboxylic acids is 1. The monoisotopic (exact) mass is 720 g/mol. The van der Waals surface area contributed by atoms with E-state index in [-0.39, 0.29) is 43.3 Å². The Labute approximate surface area is 302 Å². The standard InChI is InChI=1S/C37H48N6O9/c1-6-11-26(32(46)35(49)41-27(37(51)52)18-23-12-9-8-10-13-23)40-34(48)31-24(7-2)14-17-43(31)36(50)30(22(5)44)42-33(47)25(21(3)4)19-29(45)28-20-38-15-16-39-28/h8-10,12-13,15-16,20-21,24-27,30-31H,6-7,11,14,17-19H2,1-5H3,(H,40,48)(H,41,49)(H,42,47)(H,51,52)/t24-,25-,26?,27-,30-,31-/m0/s1. The molecule has 15 nitrogen and oxygen atoms in total. The number of likely N-dealkylation sites (tertiary alicyclic amines) is 1. The number of carbonyl (C=O) groups is 8. The Hall–Kier alpha value is -5.34. The first-order chi connectivity index (χ1) is 24.7. The molecule has 4 N–H and O–H groups in total. The van der Waals surface area contributed by atoms with Gasteiger partial charge in [0.25, 0.3) is 11.8 Å². The zero-order chi connectivity index (χ0) is 38.5. The molecular formula is C37H48N6O9. The maximum Gasteiger partial charge on any atom is 0.326 e. The minimum Gasteiger partial charge on any atom is -0.480 e. The van der Waals surface area contributed by atoms with Gasteiger partial charge in [-0.3, -0.25) is 38.5 Å². The number of carboxylic acid groups (broad SMARTS) is 1. The number of nitrogens with zero attached hydrogens (tertiary/aromatic N) is 3. The van der Waals surface area contributed by atoms with Crippen molar-refractivity contribution in [3.05, 3.63) is 60.2 Å². The molecule has 1 fully saturated rings. The molecule has 52 heavy (non-hydrogen) atoms. The Morgan fingerprint density at radius 1 is 0.942 bits per heavy atom. The SMILES string of the molecule is CCCC(NC(=O)[C@@H]1[C@@H](CC)CCN1C(=O)[C@@H](NC(=O)[C@@H](CC(=O)c1cnccn1)C(C)C)C(C)=O)C(=O)C(=O)N[C@@H](Cc1ccccc1)C(=O)O. The maximum absolute atomic E-state index is 14.0. The molecule has 280 valence electrons. The van der Waals surface area contributed by atoms with E-state index in [1.54, 1.807) is 51.1 Å². The molecule has 2 aromatic rings. The quantitative estimate of drug-likeness (QED) is 0.0929. The van der Waals surface area contributed by atoms with E-state index in [9.17, 15) is 43.5 Å². The molecule has 0 bridgehead atoms. The fourth-order valence-electron chi connectivity index (χ4n) is 6.27. The molecule has 1 saturated heterocycles. The van der Waals surface area contributed by atoms with Crippen LogP contribution in [0, 0.1) is 17.8 Å². The molecule has 1 aliphatic heterocycles. The van der Waals surface area contributed by atoms with Crippen LogP contribution in [0.25, 0.3) is 0 Å². The normalized spacial score (nSPS) is 17.7. The Bertz CT molecular complexity index is 1620. The minimum atomic E-state index is -1.65. The van der Waals surface area contributed by atoms with Gasteiger partial charge in [0.05, 0.1) is 12.2 Å². The van der Waals surface area contributed by atoms with E-state index in [0.29, 0.717) is 24.8 Å². The molecule has 0 aliphatic carbocycles. The topological polar surface area (TPSA) is 222 Å². The summed E-state index contributed by atoms with van der Waals surface area (Å²) < 4.78 is 0. The Morgan fingerprint density at radius 2 is 1.63 bits per heavy atom. The van der Waals surface area contributed by atoms with Crippen molar-refractivity contribution in [1.82, 2.24) is 30.8 Å². The van der Waals surface area contributed by atoms with Gasteiger partial charge in [-0.15, -0.1) is 0 Å². The van der Waals surface area contributed by atoms with Gasteiger partial charge < -0.3 is 26.0 Å². The average Bonchev–Trinajstić information content (AvgIpc) is 3.56. The number of amides is 4. The summed E-state index contributed by atoms with van der Waals surface area (Å²) >= 11 is 0. The van der Waals surface area contributed by atoms with Crippen molar-refractivity contribution < 1.29 is 43.5 Å². The van der Waals surface area contributed by atoms with Crippen molar-refractivity contribution in [2.45, 2.75) is 97.3 Å². The Balaban J connectivity index is 1.77. The second kappa shape index (κ2) is 19.3. The molecule has 15 heteroatoms. The van der Waals surface area contributed by atoms with Crippen LogP contribution in [0.1, 0.15) is 82.8 Å². The lowest BCUT2D eigenvalue weighted by Gasteiger charge is -2.31. The van der Waals surface area contributed by atoms with Gasteiger partial charge in [0, 0.05) is 37.7 Å². The first kappa shape index (κ1) is 41.1. The molecule has 2 heterocycles. The summed E-state index contributed by atoms with van der Waals surface area (Å²) in [6.45, 7) is 8.24. The number of hydrogen-bond acceptors (Lipinski definition) is 10. The zero-order valence-electron chi connectivity index (χ0n) is 30.2. The molecule has 0 saturated carbocycles. The fraction of sp³-hybridized carbons (Fsp3) is 0.514. The summed E-state index contributed by atoms with van der Waals surface area (Å²) in [5.74, 6) is -8.54. The van der Waals surface area contributed by atoms with Crippen LogP contribution >= 0.6 is 0 Å². The molecule has 6 atom stereocenters. The molecule has 0 spiro atoms. The molecular weight excluding hydrogens is 672 g/mol. The highest BCUT2D eigenvalue weighted by Crippen LogP contribution is 2.29. The summed E-state index contributed by atoms with van der Waals surface area (Å²) in [5.41, 5.74) is 0.705. The third-order valence-corrected chi connectivity index (χ3v) is 9.26. The van der Waals surface area contributed by atoms with Crippen LogP contribution in [0.5, 0.6) is 0 Å². The maximum atomic E-state index is 14.0. The zero-order valence-corrected chi connectivity index (χ0v) is 30.2. The van der Waals surface area contributed by atoms with Gasteiger partial charge in [-0.25, -0.2) is 9.78 Å². The highest BCUT2D eigenvalue weighted by Gasteiger charge is 2.45.